The van der Waals surface area contributed by atoms with Crippen molar-refractivity contribution in [1.82, 2.24) is 4.90 Å². The second-order valence-electron chi connectivity index (χ2n) is 5.71. The zero-order valence-corrected chi connectivity index (χ0v) is 15.4. The second kappa shape index (κ2) is 7.64. The van der Waals surface area contributed by atoms with Gasteiger partial charge >= 0.3 is 0 Å². The summed E-state index contributed by atoms with van der Waals surface area (Å²) >= 11 is 7.43. The fraction of sp³-hybridized carbons (Fsp3) is 0.211. The summed E-state index contributed by atoms with van der Waals surface area (Å²) in [5.41, 5.74) is 3.45. The Morgan fingerprint density at radius 1 is 1.08 bits per heavy atom. The molecule has 0 saturated carbocycles. The lowest BCUT2D eigenvalue weighted by atomic mass is 10.1. The maximum atomic E-state index is 5.70. The zero-order chi connectivity index (χ0) is 16.9. The van der Waals surface area contributed by atoms with Crippen LogP contribution in [0.25, 0.3) is 0 Å². The fourth-order valence-corrected chi connectivity index (χ4v) is 3.53. The Morgan fingerprint density at radius 2 is 1.88 bits per heavy atom. The van der Waals surface area contributed by atoms with E-state index in [0.29, 0.717) is 11.7 Å². The summed E-state index contributed by atoms with van der Waals surface area (Å²) in [5.74, 6) is 0.900. The normalized spacial score (nSPS) is 10.6. The Kier molecular flexibility index (Phi) is 5.33. The minimum atomic E-state index is 0.641. The molecule has 3 rings (SSSR count). The number of hydrogen-bond donors (Lipinski definition) is 1. The van der Waals surface area contributed by atoms with Crippen LogP contribution in [0.3, 0.4) is 0 Å². The predicted molar refractivity (Wildman–Crippen MR) is 104 cm³/mol. The van der Waals surface area contributed by atoms with Gasteiger partial charge in [0.2, 0.25) is 0 Å². The van der Waals surface area contributed by atoms with E-state index in [-0.39, 0.29) is 0 Å². The van der Waals surface area contributed by atoms with Crippen molar-refractivity contribution in [1.29, 1.82) is 0 Å². The van der Waals surface area contributed by atoms with Crippen molar-refractivity contribution in [3.05, 3.63) is 75.9 Å². The molecule has 0 atom stereocenters. The van der Waals surface area contributed by atoms with Crippen LogP contribution in [-0.4, -0.2) is 10.0 Å². The maximum Gasteiger partial charge on any atom is 0.174 e. The van der Waals surface area contributed by atoms with Crippen molar-refractivity contribution < 1.29 is 4.42 Å². The summed E-state index contributed by atoms with van der Waals surface area (Å²) in [5, 5.41) is 6.22. The minimum absolute atomic E-state index is 0.641. The Hall–Kier alpha value is -2.11. The number of nitrogens with one attached hydrogen (secondary N) is 1. The molecule has 0 aliphatic carbocycles. The Labute approximate surface area is 151 Å². The van der Waals surface area contributed by atoms with Crippen LogP contribution >= 0.6 is 23.6 Å². The third kappa shape index (κ3) is 4.04. The summed E-state index contributed by atoms with van der Waals surface area (Å²) in [6.45, 7) is 5.58. The molecule has 0 fully saturated rings. The van der Waals surface area contributed by atoms with E-state index in [4.69, 9.17) is 16.6 Å². The van der Waals surface area contributed by atoms with Crippen molar-refractivity contribution in [2.24, 2.45) is 0 Å². The van der Waals surface area contributed by atoms with E-state index in [2.05, 4.69) is 59.8 Å². The van der Waals surface area contributed by atoms with Gasteiger partial charge in [-0.3, -0.25) is 0 Å². The molecule has 1 N–H and O–H groups in total. The van der Waals surface area contributed by atoms with Crippen molar-refractivity contribution in [3.8, 4) is 0 Å². The molecule has 0 unspecified atom stereocenters. The lowest BCUT2D eigenvalue weighted by Crippen LogP contribution is -2.33. The number of aryl methyl sites for hydroxylation is 2. The van der Waals surface area contributed by atoms with E-state index < -0.39 is 0 Å². The van der Waals surface area contributed by atoms with Gasteiger partial charge < -0.3 is 14.6 Å². The van der Waals surface area contributed by atoms with Crippen LogP contribution in [0.1, 0.15) is 21.8 Å². The van der Waals surface area contributed by atoms with Gasteiger partial charge in [0.05, 0.1) is 19.4 Å². The predicted octanol–water partition coefficient (Wildman–Crippen LogP) is 5.36. The number of benzene rings is 1. The van der Waals surface area contributed by atoms with E-state index in [0.717, 1.165) is 18.0 Å². The molecule has 0 aliphatic rings. The first-order chi connectivity index (χ1) is 11.6. The second-order valence-corrected chi connectivity index (χ2v) is 7.13. The van der Waals surface area contributed by atoms with E-state index in [1.54, 1.807) is 17.6 Å². The quantitative estimate of drug-likeness (QED) is 0.623. The number of anilines is 1. The van der Waals surface area contributed by atoms with Gasteiger partial charge in [-0.1, -0.05) is 24.3 Å². The van der Waals surface area contributed by atoms with E-state index >= 15 is 0 Å². The van der Waals surface area contributed by atoms with Crippen LogP contribution in [0.4, 0.5) is 5.69 Å². The first kappa shape index (κ1) is 16.7. The number of thiocarbonyl (C=S) groups is 1. The van der Waals surface area contributed by atoms with Gasteiger partial charge in [0.15, 0.2) is 5.11 Å². The molecule has 0 bridgehead atoms. The highest BCUT2D eigenvalue weighted by Crippen LogP contribution is 2.22. The van der Waals surface area contributed by atoms with Crippen molar-refractivity contribution >= 4 is 34.4 Å². The molecule has 24 heavy (non-hydrogen) atoms. The molecular formula is C19H20N2OS2. The molecule has 0 saturated heterocycles. The van der Waals surface area contributed by atoms with Crippen LogP contribution in [0, 0.1) is 13.8 Å². The van der Waals surface area contributed by atoms with E-state index in [1.165, 1.54) is 16.0 Å². The molecule has 0 amide bonds. The third-order valence-electron chi connectivity index (χ3n) is 3.85. The summed E-state index contributed by atoms with van der Waals surface area (Å²) in [6.07, 6.45) is 1.70. The molecular weight excluding hydrogens is 336 g/mol. The fourth-order valence-electron chi connectivity index (χ4n) is 2.58. The van der Waals surface area contributed by atoms with Crippen molar-refractivity contribution in [2.45, 2.75) is 26.9 Å². The average molecular weight is 357 g/mol. The van der Waals surface area contributed by atoms with Gasteiger partial charge in [0.25, 0.3) is 0 Å². The highest BCUT2D eigenvalue weighted by atomic mass is 32.1. The maximum absolute atomic E-state index is 5.70. The topological polar surface area (TPSA) is 28.4 Å². The summed E-state index contributed by atoms with van der Waals surface area (Å²) in [4.78, 5) is 3.40. The van der Waals surface area contributed by atoms with Crippen LogP contribution in [-0.2, 0) is 13.1 Å². The lowest BCUT2D eigenvalue weighted by Gasteiger charge is -2.25. The molecule has 2 heterocycles. The Balaban J connectivity index is 1.79. The number of thiophene rings is 1. The molecule has 3 aromatic rings. The number of furan rings is 1. The molecule has 5 heteroatoms. The molecule has 0 radical (unpaired) electrons. The van der Waals surface area contributed by atoms with Crippen LogP contribution in [0.15, 0.2) is 58.5 Å². The first-order valence-corrected chi connectivity index (χ1v) is 9.09. The Morgan fingerprint density at radius 3 is 2.50 bits per heavy atom. The highest BCUT2D eigenvalue weighted by molar-refractivity contribution is 7.80. The van der Waals surface area contributed by atoms with Gasteiger partial charge in [-0.05, 0) is 60.8 Å². The van der Waals surface area contributed by atoms with Gasteiger partial charge in [0.1, 0.15) is 5.76 Å². The van der Waals surface area contributed by atoms with Gasteiger partial charge in [-0.2, -0.15) is 0 Å². The minimum Gasteiger partial charge on any atom is -0.467 e. The summed E-state index contributed by atoms with van der Waals surface area (Å²) in [6, 6.07) is 14.3. The SMILES string of the molecule is Cc1cccc(C)c1NC(=S)N(Cc1ccco1)Cc1cccs1. The molecule has 0 spiro atoms. The molecule has 124 valence electrons. The molecule has 3 nitrogen and oxygen atoms in total. The smallest absolute Gasteiger partial charge is 0.174 e. The molecule has 1 aromatic carbocycles. The monoisotopic (exact) mass is 356 g/mol. The van der Waals surface area contributed by atoms with Gasteiger partial charge in [0, 0.05) is 10.6 Å². The standard InChI is InChI=1S/C19H20N2OS2/c1-14-6-3-7-15(2)18(14)20-19(23)21(12-16-8-4-10-22-16)13-17-9-5-11-24-17/h3-11H,12-13H2,1-2H3,(H,20,23). The number of hydrogen-bond acceptors (Lipinski definition) is 3. The molecule has 2 aromatic heterocycles. The first-order valence-electron chi connectivity index (χ1n) is 7.80. The largest absolute Gasteiger partial charge is 0.467 e. The average Bonchev–Trinajstić information content (AvgIpc) is 3.24. The van der Waals surface area contributed by atoms with Crippen LogP contribution in [0.5, 0.6) is 0 Å². The van der Waals surface area contributed by atoms with Gasteiger partial charge in [-0.25, -0.2) is 0 Å². The van der Waals surface area contributed by atoms with Crippen LogP contribution in [0.2, 0.25) is 0 Å². The number of rotatable bonds is 5. The number of para-hydroxylation sites is 1. The summed E-state index contributed by atoms with van der Waals surface area (Å²) < 4.78 is 5.51. The van der Waals surface area contributed by atoms with Crippen LogP contribution < -0.4 is 5.32 Å². The highest BCUT2D eigenvalue weighted by Gasteiger charge is 2.15. The van der Waals surface area contributed by atoms with Gasteiger partial charge in [-0.15, -0.1) is 11.3 Å². The Bertz CT molecular complexity index is 738. The molecule has 0 aliphatic heterocycles. The number of nitrogens with zero attached hydrogens (tertiary/aromatic N) is 1. The third-order valence-corrected chi connectivity index (χ3v) is 5.08. The van der Waals surface area contributed by atoms with Crippen molar-refractivity contribution in [2.75, 3.05) is 5.32 Å². The lowest BCUT2D eigenvalue weighted by molar-refractivity contribution is 0.362. The summed E-state index contributed by atoms with van der Waals surface area (Å²) in [7, 11) is 0. The zero-order valence-electron chi connectivity index (χ0n) is 13.8. The van der Waals surface area contributed by atoms with E-state index in [9.17, 15) is 0 Å². The van der Waals surface area contributed by atoms with Crippen molar-refractivity contribution in [3.63, 3.8) is 0 Å². The van der Waals surface area contributed by atoms with E-state index in [1.807, 2.05) is 12.1 Å².